The van der Waals surface area contributed by atoms with Crippen molar-refractivity contribution in [3.05, 3.63) is 41.5 Å². The summed E-state index contributed by atoms with van der Waals surface area (Å²) < 4.78 is 0. The van der Waals surface area contributed by atoms with Gasteiger partial charge in [0, 0.05) is 11.1 Å². The van der Waals surface area contributed by atoms with Crippen molar-refractivity contribution in [1.82, 2.24) is 0 Å². The Morgan fingerprint density at radius 2 is 1.90 bits per heavy atom. The molecule has 3 rings (SSSR count). The molecule has 1 atom stereocenters. The number of amides is 1. The SMILES string of the molecule is CC(C)C(O)CC(=O)Nc1ccc2c3c(cccc13)CC2. The number of carbonyl (C=O) groups excluding carboxylic acids is 1. The zero-order valence-corrected chi connectivity index (χ0v) is 12.5. The largest absolute Gasteiger partial charge is 0.392 e. The summed E-state index contributed by atoms with van der Waals surface area (Å²) in [5.41, 5.74) is 3.57. The second-order valence-corrected chi connectivity index (χ2v) is 6.18. The third kappa shape index (κ3) is 2.66. The van der Waals surface area contributed by atoms with E-state index < -0.39 is 6.10 Å². The van der Waals surface area contributed by atoms with E-state index in [1.165, 1.54) is 16.5 Å². The molecule has 2 aromatic carbocycles. The molecule has 3 heteroatoms. The Bertz CT molecular complexity index is 681. The molecule has 0 aliphatic heterocycles. The summed E-state index contributed by atoms with van der Waals surface area (Å²) in [5, 5.41) is 15.2. The number of aryl methyl sites for hydroxylation is 2. The molecule has 110 valence electrons. The smallest absolute Gasteiger partial charge is 0.227 e. The highest BCUT2D eigenvalue weighted by Crippen LogP contribution is 2.35. The van der Waals surface area contributed by atoms with E-state index in [1.54, 1.807) is 0 Å². The Balaban J connectivity index is 1.87. The number of hydrogen-bond acceptors (Lipinski definition) is 2. The summed E-state index contributed by atoms with van der Waals surface area (Å²) in [6, 6.07) is 10.3. The van der Waals surface area contributed by atoms with Crippen molar-refractivity contribution in [2.75, 3.05) is 5.32 Å². The standard InChI is InChI=1S/C18H21NO2/c1-11(2)16(20)10-17(21)19-15-9-8-13-7-6-12-4-3-5-14(15)18(12)13/h3-5,8-9,11,16,20H,6-7,10H2,1-2H3,(H,19,21). The van der Waals surface area contributed by atoms with E-state index in [4.69, 9.17) is 0 Å². The van der Waals surface area contributed by atoms with Crippen LogP contribution in [0.5, 0.6) is 0 Å². The van der Waals surface area contributed by atoms with Crippen molar-refractivity contribution in [3.63, 3.8) is 0 Å². The van der Waals surface area contributed by atoms with Gasteiger partial charge in [-0.15, -0.1) is 0 Å². The fourth-order valence-corrected chi connectivity index (χ4v) is 2.98. The first-order chi connectivity index (χ1) is 10.1. The van der Waals surface area contributed by atoms with Gasteiger partial charge in [0.15, 0.2) is 0 Å². The number of aliphatic hydroxyl groups is 1. The average Bonchev–Trinajstić information content (AvgIpc) is 2.87. The fourth-order valence-electron chi connectivity index (χ4n) is 2.98. The van der Waals surface area contributed by atoms with Gasteiger partial charge in [-0.1, -0.05) is 38.1 Å². The molecule has 0 saturated carbocycles. The number of hydrogen-bond donors (Lipinski definition) is 2. The van der Waals surface area contributed by atoms with Gasteiger partial charge >= 0.3 is 0 Å². The number of anilines is 1. The number of benzene rings is 2. The fraction of sp³-hybridized carbons (Fsp3) is 0.389. The van der Waals surface area contributed by atoms with Crippen LogP contribution in [0.15, 0.2) is 30.3 Å². The van der Waals surface area contributed by atoms with Crippen molar-refractivity contribution in [3.8, 4) is 0 Å². The van der Waals surface area contributed by atoms with E-state index in [1.807, 2.05) is 26.0 Å². The molecule has 1 unspecified atom stereocenters. The molecule has 0 spiro atoms. The van der Waals surface area contributed by atoms with Crippen LogP contribution in [-0.2, 0) is 17.6 Å². The summed E-state index contributed by atoms with van der Waals surface area (Å²) in [5.74, 6) is -0.0431. The maximum Gasteiger partial charge on any atom is 0.227 e. The van der Waals surface area contributed by atoms with Gasteiger partial charge < -0.3 is 10.4 Å². The van der Waals surface area contributed by atoms with E-state index in [2.05, 4.69) is 23.5 Å². The lowest BCUT2D eigenvalue weighted by Gasteiger charge is -2.15. The molecular weight excluding hydrogens is 262 g/mol. The predicted molar refractivity (Wildman–Crippen MR) is 85.4 cm³/mol. The zero-order valence-electron chi connectivity index (χ0n) is 12.5. The molecule has 21 heavy (non-hydrogen) atoms. The molecule has 0 heterocycles. The normalized spacial score (nSPS) is 14.7. The Morgan fingerprint density at radius 3 is 2.62 bits per heavy atom. The Labute approximate surface area is 125 Å². The van der Waals surface area contributed by atoms with Crippen LogP contribution in [0.2, 0.25) is 0 Å². The van der Waals surface area contributed by atoms with Crippen LogP contribution < -0.4 is 5.32 Å². The van der Waals surface area contributed by atoms with E-state index in [9.17, 15) is 9.90 Å². The molecule has 1 amide bonds. The molecule has 2 aromatic rings. The van der Waals surface area contributed by atoms with Crippen LogP contribution in [0.25, 0.3) is 10.8 Å². The summed E-state index contributed by atoms with van der Waals surface area (Å²) >= 11 is 0. The number of rotatable bonds is 4. The van der Waals surface area contributed by atoms with E-state index in [0.717, 1.165) is 23.9 Å². The van der Waals surface area contributed by atoms with Crippen LogP contribution in [-0.4, -0.2) is 17.1 Å². The lowest BCUT2D eigenvalue weighted by atomic mass is 10.0. The molecular formula is C18H21NO2. The minimum atomic E-state index is -0.596. The lowest BCUT2D eigenvalue weighted by Crippen LogP contribution is -2.23. The molecule has 2 N–H and O–H groups in total. The number of nitrogens with one attached hydrogen (secondary N) is 1. The lowest BCUT2D eigenvalue weighted by molar-refractivity contribution is -0.118. The topological polar surface area (TPSA) is 49.3 Å². The quantitative estimate of drug-likeness (QED) is 0.904. The molecule has 0 fully saturated rings. The summed E-state index contributed by atoms with van der Waals surface area (Å²) in [4.78, 5) is 12.1. The van der Waals surface area contributed by atoms with Gasteiger partial charge in [-0.25, -0.2) is 0 Å². The average molecular weight is 283 g/mol. The van der Waals surface area contributed by atoms with Gasteiger partial charge in [0.2, 0.25) is 5.91 Å². The minimum Gasteiger partial charge on any atom is -0.392 e. The van der Waals surface area contributed by atoms with E-state index in [-0.39, 0.29) is 18.2 Å². The van der Waals surface area contributed by atoms with Gasteiger partial charge in [-0.3, -0.25) is 4.79 Å². The monoisotopic (exact) mass is 283 g/mol. The molecule has 1 aliphatic carbocycles. The van der Waals surface area contributed by atoms with Crippen LogP contribution in [0.3, 0.4) is 0 Å². The first kappa shape index (κ1) is 14.1. The van der Waals surface area contributed by atoms with Gasteiger partial charge in [-0.05, 0) is 41.3 Å². The minimum absolute atomic E-state index is 0.0866. The highest BCUT2D eigenvalue weighted by atomic mass is 16.3. The van der Waals surface area contributed by atoms with Gasteiger partial charge in [0.1, 0.15) is 0 Å². The molecule has 0 saturated heterocycles. The highest BCUT2D eigenvalue weighted by Gasteiger charge is 2.18. The van der Waals surface area contributed by atoms with Gasteiger partial charge in [0.25, 0.3) is 0 Å². The van der Waals surface area contributed by atoms with Crippen LogP contribution in [0.4, 0.5) is 5.69 Å². The van der Waals surface area contributed by atoms with Crippen molar-refractivity contribution >= 4 is 22.4 Å². The summed E-state index contributed by atoms with van der Waals surface area (Å²) in [6.07, 6.45) is 1.70. The molecule has 0 aromatic heterocycles. The first-order valence-corrected chi connectivity index (χ1v) is 7.57. The Hall–Kier alpha value is -1.87. The Morgan fingerprint density at radius 1 is 1.19 bits per heavy atom. The summed E-state index contributed by atoms with van der Waals surface area (Å²) in [6.45, 7) is 3.83. The van der Waals surface area contributed by atoms with Crippen LogP contribution in [0, 0.1) is 5.92 Å². The molecule has 1 aliphatic rings. The maximum absolute atomic E-state index is 12.1. The number of carbonyl (C=O) groups is 1. The predicted octanol–water partition coefficient (Wildman–Crippen LogP) is 3.28. The second kappa shape index (κ2) is 5.49. The van der Waals surface area contributed by atoms with Gasteiger partial charge in [0.05, 0.1) is 12.5 Å². The molecule has 3 nitrogen and oxygen atoms in total. The maximum atomic E-state index is 12.1. The van der Waals surface area contributed by atoms with E-state index >= 15 is 0 Å². The van der Waals surface area contributed by atoms with Crippen LogP contribution >= 0.6 is 0 Å². The van der Waals surface area contributed by atoms with Crippen molar-refractivity contribution < 1.29 is 9.90 Å². The number of aliphatic hydroxyl groups excluding tert-OH is 1. The zero-order chi connectivity index (χ0) is 15.0. The molecule has 0 radical (unpaired) electrons. The Kier molecular flexibility index (Phi) is 3.68. The summed E-state index contributed by atoms with van der Waals surface area (Å²) in [7, 11) is 0. The third-order valence-electron chi connectivity index (χ3n) is 4.32. The van der Waals surface area contributed by atoms with E-state index in [0.29, 0.717) is 0 Å². The second-order valence-electron chi connectivity index (χ2n) is 6.18. The molecule has 0 bridgehead atoms. The highest BCUT2D eigenvalue weighted by molar-refractivity contribution is 6.05. The van der Waals surface area contributed by atoms with Crippen molar-refractivity contribution in [2.24, 2.45) is 5.92 Å². The van der Waals surface area contributed by atoms with Crippen molar-refractivity contribution in [2.45, 2.75) is 39.2 Å². The van der Waals surface area contributed by atoms with Gasteiger partial charge in [-0.2, -0.15) is 0 Å². The van der Waals surface area contributed by atoms with Crippen LogP contribution in [0.1, 0.15) is 31.4 Å². The van der Waals surface area contributed by atoms with Crippen molar-refractivity contribution in [1.29, 1.82) is 0 Å². The first-order valence-electron chi connectivity index (χ1n) is 7.57. The third-order valence-corrected chi connectivity index (χ3v) is 4.32.